The predicted molar refractivity (Wildman–Crippen MR) is 101 cm³/mol. The Morgan fingerprint density at radius 3 is 2.70 bits per heavy atom. The third-order valence-corrected chi connectivity index (χ3v) is 4.67. The molecule has 0 atom stereocenters. The van der Waals surface area contributed by atoms with Crippen molar-refractivity contribution < 1.29 is 19.6 Å². The Morgan fingerprint density at radius 1 is 1.30 bits per heavy atom. The van der Waals surface area contributed by atoms with E-state index in [1.165, 1.54) is 19.3 Å². The van der Waals surface area contributed by atoms with E-state index in [1.807, 2.05) is 31.2 Å². The SMILES string of the molecule is COc1cc(/C=C2/SC(=Nc3ccccc3C)NC2=O)cc([N+](=O)[O-])c1[O-]. The first kappa shape index (κ1) is 18.5. The number of benzene rings is 2. The molecule has 0 radical (unpaired) electrons. The van der Waals surface area contributed by atoms with Crippen molar-refractivity contribution >= 4 is 40.3 Å². The molecule has 9 heteroatoms. The number of carbonyl (C=O) groups is 1. The molecule has 0 bridgehead atoms. The Bertz CT molecular complexity index is 1000. The van der Waals surface area contributed by atoms with Gasteiger partial charge in [0.25, 0.3) is 11.6 Å². The summed E-state index contributed by atoms with van der Waals surface area (Å²) in [6, 6.07) is 9.95. The summed E-state index contributed by atoms with van der Waals surface area (Å²) in [6.45, 7) is 1.91. The highest BCUT2D eigenvalue weighted by molar-refractivity contribution is 8.18. The molecule has 0 saturated carbocycles. The molecule has 0 aromatic heterocycles. The Hall–Kier alpha value is -3.33. The number of amidine groups is 1. The van der Waals surface area contributed by atoms with E-state index in [2.05, 4.69) is 10.3 Å². The number of hydrogen-bond acceptors (Lipinski definition) is 7. The van der Waals surface area contributed by atoms with Crippen molar-refractivity contribution in [2.75, 3.05) is 7.11 Å². The number of nitrogens with one attached hydrogen (secondary N) is 1. The number of para-hydroxylation sites is 1. The number of thioether (sulfide) groups is 1. The Labute approximate surface area is 158 Å². The van der Waals surface area contributed by atoms with Crippen molar-refractivity contribution in [3.63, 3.8) is 0 Å². The highest BCUT2D eigenvalue weighted by atomic mass is 32.2. The number of rotatable bonds is 4. The first-order chi connectivity index (χ1) is 12.9. The Kier molecular flexibility index (Phi) is 5.13. The van der Waals surface area contributed by atoms with Gasteiger partial charge in [0.15, 0.2) is 5.17 Å². The molecular formula is C18H14N3O5S-. The molecule has 0 unspecified atom stereocenters. The average molecular weight is 384 g/mol. The van der Waals surface area contributed by atoms with E-state index < -0.39 is 16.4 Å². The normalized spacial score (nSPS) is 16.6. The Balaban J connectivity index is 1.94. The van der Waals surface area contributed by atoms with Crippen LogP contribution >= 0.6 is 11.8 Å². The fourth-order valence-electron chi connectivity index (χ4n) is 2.41. The molecule has 1 aliphatic rings. The lowest BCUT2D eigenvalue weighted by Crippen LogP contribution is -2.19. The van der Waals surface area contributed by atoms with Crippen LogP contribution in [0.15, 0.2) is 46.3 Å². The second-order valence-electron chi connectivity index (χ2n) is 5.60. The summed E-state index contributed by atoms with van der Waals surface area (Å²) < 4.78 is 4.90. The largest absolute Gasteiger partial charge is 0.865 e. The summed E-state index contributed by atoms with van der Waals surface area (Å²) in [5.74, 6) is -1.34. The van der Waals surface area contributed by atoms with E-state index in [1.54, 1.807) is 0 Å². The summed E-state index contributed by atoms with van der Waals surface area (Å²) in [6.07, 6.45) is 1.45. The molecule has 8 nitrogen and oxygen atoms in total. The van der Waals surface area contributed by atoms with Crippen LogP contribution in [0.1, 0.15) is 11.1 Å². The van der Waals surface area contributed by atoms with Crippen molar-refractivity contribution in [2.45, 2.75) is 6.92 Å². The number of carbonyl (C=O) groups excluding carboxylic acids is 1. The number of aryl methyl sites for hydroxylation is 1. The number of nitrogens with zero attached hydrogens (tertiary/aromatic N) is 2. The maximum Gasteiger partial charge on any atom is 0.266 e. The van der Waals surface area contributed by atoms with Crippen molar-refractivity contribution in [1.82, 2.24) is 5.32 Å². The summed E-state index contributed by atoms with van der Waals surface area (Å²) in [5, 5.41) is 26.0. The van der Waals surface area contributed by atoms with E-state index in [9.17, 15) is 20.0 Å². The van der Waals surface area contributed by atoms with Crippen LogP contribution < -0.4 is 15.2 Å². The number of nitro benzene ring substituents is 1. The van der Waals surface area contributed by atoms with Gasteiger partial charge in [0.05, 0.1) is 22.6 Å². The first-order valence-electron chi connectivity index (χ1n) is 7.77. The lowest BCUT2D eigenvalue weighted by Gasteiger charge is -2.13. The van der Waals surface area contributed by atoms with Gasteiger partial charge in [-0.2, -0.15) is 0 Å². The van der Waals surface area contributed by atoms with Gasteiger partial charge in [-0.3, -0.25) is 14.9 Å². The van der Waals surface area contributed by atoms with Crippen LogP contribution in [0.3, 0.4) is 0 Å². The van der Waals surface area contributed by atoms with Gasteiger partial charge in [0.1, 0.15) is 5.75 Å². The predicted octanol–water partition coefficient (Wildman–Crippen LogP) is 2.88. The summed E-state index contributed by atoms with van der Waals surface area (Å²) in [4.78, 5) is 27.2. The molecular weight excluding hydrogens is 370 g/mol. The zero-order valence-electron chi connectivity index (χ0n) is 14.4. The molecule has 3 rings (SSSR count). The van der Waals surface area contributed by atoms with Crippen molar-refractivity contribution in [2.24, 2.45) is 4.99 Å². The molecule has 138 valence electrons. The zero-order valence-corrected chi connectivity index (χ0v) is 15.2. The smallest absolute Gasteiger partial charge is 0.266 e. The van der Waals surface area contributed by atoms with Gasteiger partial charge in [0.2, 0.25) is 0 Å². The van der Waals surface area contributed by atoms with Crippen LogP contribution in [0.5, 0.6) is 11.5 Å². The van der Waals surface area contributed by atoms with E-state index in [0.29, 0.717) is 15.6 Å². The quantitative estimate of drug-likeness (QED) is 0.492. The molecule has 1 fully saturated rings. The number of hydrogen-bond donors (Lipinski definition) is 1. The van der Waals surface area contributed by atoms with Gasteiger partial charge >= 0.3 is 0 Å². The third kappa shape index (κ3) is 3.93. The van der Waals surface area contributed by atoms with E-state index >= 15 is 0 Å². The maximum atomic E-state index is 12.2. The van der Waals surface area contributed by atoms with E-state index in [-0.39, 0.29) is 11.7 Å². The fourth-order valence-corrected chi connectivity index (χ4v) is 3.24. The highest BCUT2D eigenvalue weighted by Crippen LogP contribution is 2.36. The number of aliphatic imine (C=N–C) groups is 1. The molecule has 1 heterocycles. The van der Waals surface area contributed by atoms with Gasteiger partial charge in [-0.1, -0.05) is 18.2 Å². The average Bonchev–Trinajstić information content (AvgIpc) is 2.97. The second-order valence-corrected chi connectivity index (χ2v) is 6.63. The minimum atomic E-state index is -0.810. The molecule has 0 spiro atoms. The van der Waals surface area contributed by atoms with E-state index in [4.69, 9.17) is 4.74 Å². The molecule has 27 heavy (non-hydrogen) atoms. The number of amides is 1. The molecule has 1 aliphatic heterocycles. The lowest BCUT2D eigenvalue weighted by molar-refractivity contribution is -0.398. The number of nitro groups is 1. The first-order valence-corrected chi connectivity index (χ1v) is 8.59. The number of ether oxygens (including phenoxy) is 1. The standard InChI is InChI=1S/C18H15N3O5S/c1-10-5-3-4-6-12(10)19-18-20-17(23)15(27-18)9-11-7-13(21(24)25)16(22)14(8-11)26-2/h3-9,22H,1-2H3,(H,19,20,23)/p-1/b15-9+. The maximum absolute atomic E-state index is 12.2. The summed E-state index contributed by atoms with van der Waals surface area (Å²) in [7, 11) is 1.25. The van der Waals surface area contributed by atoms with Gasteiger partial charge in [-0.15, -0.1) is 0 Å². The van der Waals surface area contributed by atoms with Crippen LogP contribution in [0, 0.1) is 17.0 Å². The fraction of sp³-hybridized carbons (Fsp3) is 0.111. The van der Waals surface area contributed by atoms with Gasteiger partial charge in [-0.25, -0.2) is 4.99 Å². The third-order valence-electron chi connectivity index (χ3n) is 3.76. The Morgan fingerprint density at radius 2 is 2.04 bits per heavy atom. The van der Waals surface area contributed by atoms with E-state index in [0.717, 1.165) is 29.1 Å². The van der Waals surface area contributed by atoms with Crippen LogP contribution in [-0.2, 0) is 4.79 Å². The number of methoxy groups -OCH3 is 1. The van der Waals surface area contributed by atoms with Crippen molar-refractivity contribution in [3.8, 4) is 11.5 Å². The van der Waals surface area contributed by atoms with Crippen LogP contribution in [0.2, 0.25) is 0 Å². The van der Waals surface area contributed by atoms with Crippen LogP contribution in [-0.4, -0.2) is 23.1 Å². The minimum absolute atomic E-state index is 0.159. The highest BCUT2D eigenvalue weighted by Gasteiger charge is 2.24. The van der Waals surface area contributed by atoms with Gasteiger partial charge in [-0.05, 0) is 48.0 Å². The zero-order chi connectivity index (χ0) is 19.6. The second kappa shape index (κ2) is 7.50. The minimum Gasteiger partial charge on any atom is -0.865 e. The van der Waals surface area contributed by atoms with Gasteiger partial charge < -0.3 is 15.2 Å². The van der Waals surface area contributed by atoms with Crippen LogP contribution in [0.25, 0.3) is 6.08 Å². The monoisotopic (exact) mass is 384 g/mol. The van der Waals surface area contributed by atoms with Crippen LogP contribution in [0.4, 0.5) is 11.4 Å². The van der Waals surface area contributed by atoms with Crippen molar-refractivity contribution in [1.29, 1.82) is 0 Å². The molecule has 2 aromatic rings. The molecule has 1 amide bonds. The van der Waals surface area contributed by atoms with Crippen molar-refractivity contribution in [3.05, 3.63) is 62.5 Å². The topological polar surface area (TPSA) is 117 Å². The molecule has 1 N–H and O–H groups in total. The van der Waals surface area contributed by atoms with Gasteiger partial charge in [0, 0.05) is 11.8 Å². The lowest BCUT2D eigenvalue weighted by atomic mass is 10.1. The summed E-state index contributed by atoms with van der Waals surface area (Å²) in [5.41, 5.74) is 1.39. The summed E-state index contributed by atoms with van der Waals surface area (Å²) >= 11 is 1.11. The molecule has 2 aromatic carbocycles. The molecule has 0 aliphatic carbocycles. The molecule has 1 saturated heterocycles.